The molecular formula is C22H23N5O2. The summed E-state index contributed by atoms with van der Waals surface area (Å²) in [5.74, 6) is 3.03. The van der Waals surface area contributed by atoms with Gasteiger partial charge in [-0.1, -0.05) is 18.2 Å². The molecule has 7 heteroatoms. The Bertz CT molecular complexity index is 1060. The molecule has 0 saturated carbocycles. The van der Waals surface area contributed by atoms with E-state index in [0.29, 0.717) is 5.95 Å². The van der Waals surface area contributed by atoms with Gasteiger partial charge in [-0.2, -0.15) is 10.1 Å². The van der Waals surface area contributed by atoms with E-state index in [1.165, 1.54) is 22.4 Å². The van der Waals surface area contributed by atoms with Crippen molar-refractivity contribution in [1.29, 1.82) is 0 Å². The molecule has 0 saturated heterocycles. The Labute approximate surface area is 169 Å². The molecule has 148 valence electrons. The van der Waals surface area contributed by atoms with Gasteiger partial charge in [0, 0.05) is 25.3 Å². The molecule has 1 aromatic heterocycles. The quantitative estimate of drug-likeness (QED) is 0.679. The van der Waals surface area contributed by atoms with Crippen molar-refractivity contribution in [3.63, 3.8) is 0 Å². The lowest BCUT2D eigenvalue weighted by molar-refractivity contribution is 0.353. The maximum atomic E-state index is 5.48. The highest BCUT2D eigenvalue weighted by Crippen LogP contribution is 2.35. The van der Waals surface area contributed by atoms with Gasteiger partial charge in [0.2, 0.25) is 0 Å². The standard InChI is InChI=1S/C22H23N5O2/c1-28-19-11-16-7-9-26(14-17(16)12-20(19)29-2)21-13-23-25-22(24-21)27-10-8-15-5-3-4-6-18(15)27/h3-6,11-13H,7-10,14H2,1-2H3. The second-order valence-electron chi connectivity index (χ2n) is 7.29. The van der Waals surface area contributed by atoms with Crippen LogP contribution in [0.1, 0.15) is 16.7 Å². The van der Waals surface area contributed by atoms with E-state index >= 15 is 0 Å². The maximum Gasteiger partial charge on any atom is 0.251 e. The van der Waals surface area contributed by atoms with E-state index < -0.39 is 0 Å². The van der Waals surface area contributed by atoms with Gasteiger partial charge in [0.05, 0.1) is 20.4 Å². The monoisotopic (exact) mass is 389 g/mol. The third-order valence-corrected chi connectivity index (χ3v) is 5.71. The molecule has 0 spiro atoms. The van der Waals surface area contributed by atoms with E-state index in [-0.39, 0.29) is 0 Å². The summed E-state index contributed by atoms with van der Waals surface area (Å²) in [6.07, 6.45) is 3.67. The van der Waals surface area contributed by atoms with Crippen molar-refractivity contribution in [3.05, 3.63) is 59.3 Å². The minimum atomic E-state index is 0.658. The van der Waals surface area contributed by atoms with Crippen molar-refractivity contribution in [2.45, 2.75) is 19.4 Å². The fraction of sp³-hybridized carbons (Fsp3) is 0.318. The summed E-state index contributed by atoms with van der Waals surface area (Å²) in [4.78, 5) is 9.24. The number of aromatic nitrogens is 3. The lowest BCUT2D eigenvalue weighted by Gasteiger charge is -2.30. The first-order chi connectivity index (χ1) is 14.3. The minimum Gasteiger partial charge on any atom is -0.493 e. The van der Waals surface area contributed by atoms with Crippen LogP contribution >= 0.6 is 0 Å². The summed E-state index contributed by atoms with van der Waals surface area (Å²) in [6.45, 7) is 2.51. The second kappa shape index (κ2) is 7.24. The summed E-state index contributed by atoms with van der Waals surface area (Å²) in [6, 6.07) is 12.6. The summed E-state index contributed by atoms with van der Waals surface area (Å²) in [7, 11) is 3.34. The lowest BCUT2D eigenvalue weighted by Crippen LogP contribution is -2.32. The van der Waals surface area contributed by atoms with E-state index in [9.17, 15) is 0 Å². The summed E-state index contributed by atoms with van der Waals surface area (Å²) < 4.78 is 10.9. The van der Waals surface area contributed by atoms with Crippen LogP contribution in [0.4, 0.5) is 17.5 Å². The van der Waals surface area contributed by atoms with Gasteiger partial charge in [0.1, 0.15) is 0 Å². The molecule has 0 radical (unpaired) electrons. The van der Waals surface area contributed by atoms with Crippen molar-refractivity contribution in [3.8, 4) is 11.5 Å². The second-order valence-corrected chi connectivity index (χ2v) is 7.29. The van der Waals surface area contributed by atoms with E-state index in [4.69, 9.17) is 14.5 Å². The van der Waals surface area contributed by atoms with Gasteiger partial charge in [-0.05, 0) is 47.7 Å². The third-order valence-electron chi connectivity index (χ3n) is 5.71. The Kier molecular flexibility index (Phi) is 4.42. The first-order valence-electron chi connectivity index (χ1n) is 9.80. The molecule has 7 nitrogen and oxygen atoms in total. The van der Waals surface area contributed by atoms with Crippen LogP contribution < -0.4 is 19.3 Å². The SMILES string of the molecule is COc1cc2c(cc1OC)CN(c1cnnc(N3CCc4ccccc43)n1)CC2. The highest BCUT2D eigenvalue weighted by atomic mass is 16.5. The van der Waals surface area contributed by atoms with Crippen LogP contribution in [-0.2, 0) is 19.4 Å². The number of hydrogen-bond donors (Lipinski definition) is 0. The molecule has 0 amide bonds. The smallest absolute Gasteiger partial charge is 0.251 e. The Hall–Kier alpha value is -3.35. The van der Waals surface area contributed by atoms with Gasteiger partial charge in [-0.3, -0.25) is 0 Å². The van der Waals surface area contributed by atoms with Crippen molar-refractivity contribution < 1.29 is 9.47 Å². The number of para-hydroxylation sites is 1. The van der Waals surface area contributed by atoms with Crippen molar-refractivity contribution in [1.82, 2.24) is 15.2 Å². The molecule has 3 aromatic rings. The molecule has 5 rings (SSSR count). The van der Waals surface area contributed by atoms with E-state index in [1.54, 1.807) is 20.4 Å². The highest BCUT2D eigenvalue weighted by molar-refractivity contribution is 5.66. The number of hydrogen-bond acceptors (Lipinski definition) is 7. The molecule has 0 aliphatic carbocycles. The van der Waals surface area contributed by atoms with Crippen LogP contribution in [0, 0.1) is 0 Å². The van der Waals surface area contributed by atoms with Crippen LogP contribution in [0.3, 0.4) is 0 Å². The zero-order chi connectivity index (χ0) is 19.8. The number of rotatable bonds is 4. The van der Waals surface area contributed by atoms with Gasteiger partial charge in [-0.15, -0.1) is 5.10 Å². The highest BCUT2D eigenvalue weighted by Gasteiger charge is 2.25. The number of nitrogens with zero attached hydrogens (tertiary/aromatic N) is 5. The summed E-state index contributed by atoms with van der Waals surface area (Å²) in [5, 5.41) is 8.56. The summed E-state index contributed by atoms with van der Waals surface area (Å²) in [5.41, 5.74) is 5.01. The lowest BCUT2D eigenvalue weighted by atomic mass is 9.99. The fourth-order valence-electron chi connectivity index (χ4n) is 4.18. The van der Waals surface area contributed by atoms with Crippen LogP contribution in [-0.4, -0.2) is 42.5 Å². The molecule has 2 aliphatic heterocycles. The van der Waals surface area contributed by atoms with Crippen LogP contribution in [0.5, 0.6) is 11.5 Å². The van der Waals surface area contributed by atoms with E-state index in [0.717, 1.165) is 49.8 Å². The predicted molar refractivity (Wildman–Crippen MR) is 111 cm³/mol. The zero-order valence-electron chi connectivity index (χ0n) is 16.6. The average Bonchev–Trinajstić information content (AvgIpc) is 3.22. The molecule has 2 aliphatic rings. The topological polar surface area (TPSA) is 63.6 Å². The van der Waals surface area contributed by atoms with Crippen molar-refractivity contribution >= 4 is 17.5 Å². The maximum absolute atomic E-state index is 5.48. The van der Waals surface area contributed by atoms with Gasteiger partial charge in [-0.25, -0.2) is 0 Å². The predicted octanol–water partition coefficient (Wildman–Crippen LogP) is 3.15. The molecule has 0 atom stereocenters. The molecule has 2 aromatic carbocycles. The molecule has 0 bridgehead atoms. The largest absolute Gasteiger partial charge is 0.493 e. The van der Waals surface area contributed by atoms with Crippen molar-refractivity contribution in [2.75, 3.05) is 37.1 Å². The zero-order valence-corrected chi connectivity index (χ0v) is 16.6. The minimum absolute atomic E-state index is 0.658. The Balaban J connectivity index is 1.43. The van der Waals surface area contributed by atoms with Gasteiger partial charge in [0.15, 0.2) is 17.3 Å². The van der Waals surface area contributed by atoms with E-state index in [1.807, 2.05) is 0 Å². The molecule has 29 heavy (non-hydrogen) atoms. The average molecular weight is 389 g/mol. The Morgan fingerprint density at radius 3 is 2.48 bits per heavy atom. The Morgan fingerprint density at radius 2 is 1.66 bits per heavy atom. The number of methoxy groups -OCH3 is 2. The molecule has 3 heterocycles. The molecular weight excluding hydrogens is 366 g/mol. The number of anilines is 3. The number of benzene rings is 2. The van der Waals surface area contributed by atoms with Crippen LogP contribution in [0.2, 0.25) is 0 Å². The number of fused-ring (bicyclic) bond motifs is 2. The first kappa shape index (κ1) is 17.7. The fourth-order valence-corrected chi connectivity index (χ4v) is 4.18. The van der Waals surface area contributed by atoms with Gasteiger partial charge >= 0.3 is 0 Å². The summed E-state index contributed by atoms with van der Waals surface area (Å²) >= 11 is 0. The molecule has 0 N–H and O–H groups in total. The molecule has 0 fully saturated rings. The molecule has 0 unspecified atom stereocenters. The Morgan fingerprint density at radius 1 is 0.897 bits per heavy atom. The third kappa shape index (κ3) is 3.12. The normalized spacial score (nSPS) is 15.1. The number of ether oxygens (including phenoxy) is 2. The first-order valence-corrected chi connectivity index (χ1v) is 9.80. The van der Waals surface area contributed by atoms with Gasteiger partial charge in [0.25, 0.3) is 5.95 Å². The van der Waals surface area contributed by atoms with Crippen LogP contribution in [0.25, 0.3) is 0 Å². The van der Waals surface area contributed by atoms with Crippen LogP contribution in [0.15, 0.2) is 42.6 Å². The van der Waals surface area contributed by atoms with E-state index in [2.05, 4.69) is 56.4 Å². The van der Waals surface area contributed by atoms with Gasteiger partial charge < -0.3 is 19.3 Å². The van der Waals surface area contributed by atoms with Crippen molar-refractivity contribution in [2.24, 2.45) is 0 Å².